The number of hydrogen-bond acceptors (Lipinski definition) is 3. The molecule has 0 aromatic carbocycles. The van der Waals surface area contributed by atoms with Crippen LogP contribution in [0.1, 0.15) is 44.9 Å². The second-order valence-electron chi connectivity index (χ2n) is 7.01. The Morgan fingerprint density at radius 2 is 2.13 bits per heavy atom. The number of rotatable bonds is 5. The quantitative estimate of drug-likeness (QED) is 0.829. The first kappa shape index (κ1) is 16.0. The number of likely N-dealkylation sites (tertiary alicyclic amines) is 1. The molecule has 2 amide bonds. The number of hydrogen-bond donors (Lipinski definition) is 0. The second-order valence-corrected chi connectivity index (χ2v) is 7.01. The molecule has 1 saturated carbocycles. The molecule has 1 aromatic rings. The van der Waals surface area contributed by atoms with E-state index in [4.69, 9.17) is 0 Å². The molecule has 0 unspecified atom stereocenters. The molecule has 0 atom stereocenters. The third kappa shape index (κ3) is 3.26. The highest BCUT2D eigenvalue weighted by molar-refractivity contribution is 5.86. The molecule has 23 heavy (non-hydrogen) atoms. The molecule has 0 N–H and O–H groups in total. The molecule has 126 valence electrons. The fraction of sp³-hybridized carbons (Fsp3) is 0.706. The van der Waals surface area contributed by atoms with Crippen molar-refractivity contribution in [3.63, 3.8) is 0 Å². The molecule has 2 heterocycles. The van der Waals surface area contributed by atoms with Gasteiger partial charge >= 0.3 is 0 Å². The summed E-state index contributed by atoms with van der Waals surface area (Å²) in [6.07, 6.45) is 9.00. The van der Waals surface area contributed by atoms with E-state index in [9.17, 15) is 9.59 Å². The number of aryl methyl sites for hydroxylation is 1. The molecule has 1 aliphatic carbocycles. The molecule has 0 radical (unpaired) electrons. The van der Waals surface area contributed by atoms with Crippen LogP contribution in [0.25, 0.3) is 0 Å². The lowest BCUT2D eigenvalue weighted by atomic mass is 9.85. The van der Waals surface area contributed by atoms with Gasteiger partial charge in [-0.05, 0) is 25.2 Å². The summed E-state index contributed by atoms with van der Waals surface area (Å²) in [6, 6.07) is 0. The molecular formula is C17H26N4O2. The average molecular weight is 318 g/mol. The fourth-order valence-electron chi connectivity index (χ4n) is 3.95. The van der Waals surface area contributed by atoms with E-state index >= 15 is 0 Å². The number of nitrogens with zero attached hydrogens (tertiary/aromatic N) is 4. The molecule has 6 nitrogen and oxygen atoms in total. The maximum atomic E-state index is 12.5. The highest BCUT2D eigenvalue weighted by atomic mass is 16.2. The Hall–Kier alpha value is -1.85. The Labute approximate surface area is 137 Å². The minimum absolute atomic E-state index is 0.0148. The van der Waals surface area contributed by atoms with Gasteiger partial charge in [-0.3, -0.25) is 9.59 Å². The summed E-state index contributed by atoms with van der Waals surface area (Å²) in [6.45, 7) is 4.33. The van der Waals surface area contributed by atoms with Gasteiger partial charge in [0.2, 0.25) is 11.8 Å². The van der Waals surface area contributed by atoms with E-state index in [1.165, 1.54) is 12.8 Å². The van der Waals surface area contributed by atoms with Gasteiger partial charge in [0.15, 0.2) is 0 Å². The van der Waals surface area contributed by atoms with E-state index in [0.29, 0.717) is 13.0 Å². The van der Waals surface area contributed by atoms with Crippen LogP contribution < -0.4 is 0 Å². The van der Waals surface area contributed by atoms with Crippen LogP contribution in [0.15, 0.2) is 12.4 Å². The van der Waals surface area contributed by atoms with Crippen LogP contribution in [-0.2, 0) is 22.7 Å². The average Bonchev–Trinajstić information content (AvgIpc) is 3.22. The normalized spacial score (nSPS) is 19.7. The standard InChI is InChI=1S/C17H26N4O2/c1-3-20-9-8-18-14(20)11-19(2)16(23)12-21-13-17(10-15(21)22)6-4-5-7-17/h8-9H,3-7,10-13H2,1-2H3. The van der Waals surface area contributed by atoms with Gasteiger partial charge < -0.3 is 14.4 Å². The molecule has 2 fully saturated rings. The number of carbonyl (C=O) groups is 2. The van der Waals surface area contributed by atoms with E-state index in [1.807, 2.05) is 10.8 Å². The summed E-state index contributed by atoms with van der Waals surface area (Å²) in [5, 5.41) is 0. The SMILES string of the molecule is CCn1ccnc1CN(C)C(=O)CN1CC2(CCCC2)CC1=O. The lowest BCUT2D eigenvalue weighted by molar-refractivity contribution is -0.137. The summed E-state index contributed by atoms with van der Waals surface area (Å²) < 4.78 is 2.03. The predicted molar refractivity (Wildman–Crippen MR) is 86.5 cm³/mol. The van der Waals surface area contributed by atoms with E-state index in [2.05, 4.69) is 11.9 Å². The zero-order valence-electron chi connectivity index (χ0n) is 14.1. The first-order valence-corrected chi connectivity index (χ1v) is 8.55. The molecule has 6 heteroatoms. The van der Waals surface area contributed by atoms with Gasteiger partial charge in [-0.2, -0.15) is 0 Å². The number of imidazole rings is 1. The van der Waals surface area contributed by atoms with Gasteiger partial charge in [0.05, 0.1) is 13.1 Å². The molecule has 1 spiro atoms. The molecule has 3 rings (SSSR count). The van der Waals surface area contributed by atoms with Crippen LogP contribution in [0, 0.1) is 5.41 Å². The van der Waals surface area contributed by atoms with Crippen LogP contribution in [0.3, 0.4) is 0 Å². The van der Waals surface area contributed by atoms with Gasteiger partial charge in [-0.1, -0.05) is 12.8 Å². The number of aromatic nitrogens is 2. The number of amides is 2. The summed E-state index contributed by atoms with van der Waals surface area (Å²) in [5.74, 6) is 1.01. The van der Waals surface area contributed by atoms with Crippen molar-refractivity contribution in [3.8, 4) is 0 Å². The van der Waals surface area contributed by atoms with Crippen molar-refractivity contribution in [2.24, 2.45) is 5.41 Å². The van der Waals surface area contributed by atoms with Gasteiger partial charge in [-0.25, -0.2) is 4.98 Å². The highest BCUT2D eigenvalue weighted by Crippen LogP contribution is 2.45. The molecule has 0 bridgehead atoms. The van der Waals surface area contributed by atoms with Crippen molar-refractivity contribution in [1.82, 2.24) is 19.4 Å². The van der Waals surface area contributed by atoms with Crippen molar-refractivity contribution in [3.05, 3.63) is 18.2 Å². The third-order valence-corrected chi connectivity index (χ3v) is 5.34. The molecule has 2 aliphatic rings. The molecule has 1 aromatic heterocycles. The summed E-state index contributed by atoms with van der Waals surface area (Å²) in [7, 11) is 1.78. The van der Waals surface area contributed by atoms with Gasteiger partial charge in [0, 0.05) is 39.0 Å². The summed E-state index contributed by atoms with van der Waals surface area (Å²) in [5.41, 5.74) is 0.161. The van der Waals surface area contributed by atoms with E-state index in [0.717, 1.165) is 31.8 Å². The summed E-state index contributed by atoms with van der Waals surface area (Å²) >= 11 is 0. The lowest BCUT2D eigenvalue weighted by Gasteiger charge is -2.24. The zero-order chi connectivity index (χ0) is 16.4. The van der Waals surface area contributed by atoms with Crippen LogP contribution in [0.2, 0.25) is 0 Å². The van der Waals surface area contributed by atoms with E-state index in [1.54, 1.807) is 23.0 Å². The Morgan fingerprint density at radius 1 is 1.39 bits per heavy atom. The topological polar surface area (TPSA) is 58.4 Å². The first-order chi connectivity index (χ1) is 11.0. The van der Waals surface area contributed by atoms with Gasteiger partial charge in [0.25, 0.3) is 0 Å². The largest absolute Gasteiger partial charge is 0.337 e. The van der Waals surface area contributed by atoms with Crippen LogP contribution in [0.5, 0.6) is 0 Å². The third-order valence-electron chi connectivity index (χ3n) is 5.34. The first-order valence-electron chi connectivity index (χ1n) is 8.55. The molecule has 1 saturated heterocycles. The maximum absolute atomic E-state index is 12.5. The predicted octanol–water partition coefficient (Wildman–Crippen LogP) is 1.65. The van der Waals surface area contributed by atoms with Crippen LogP contribution >= 0.6 is 0 Å². The smallest absolute Gasteiger partial charge is 0.242 e. The van der Waals surface area contributed by atoms with Crippen molar-refractivity contribution in [2.75, 3.05) is 20.1 Å². The molecular weight excluding hydrogens is 292 g/mol. The second kappa shape index (κ2) is 6.34. The Kier molecular flexibility index (Phi) is 4.41. The fourth-order valence-corrected chi connectivity index (χ4v) is 3.95. The Balaban J connectivity index is 1.57. The number of likely N-dealkylation sites (N-methyl/N-ethyl adjacent to an activating group) is 1. The lowest BCUT2D eigenvalue weighted by Crippen LogP contribution is -2.39. The van der Waals surface area contributed by atoms with Gasteiger partial charge in [-0.15, -0.1) is 0 Å². The Morgan fingerprint density at radius 3 is 2.83 bits per heavy atom. The van der Waals surface area contributed by atoms with E-state index < -0.39 is 0 Å². The zero-order valence-corrected chi connectivity index (χ0v) is 14.1. The number of carbonyl (C=O) groups excluding carboxylic acids is 2. The van der Waals surface area contributed by atoms with E-state index in [-0.39, 0.29) is 23.8 Å². The van der Waals surface area contributed by atoms with Crippen molar-refractivity contribution in [1.29, 1.82) is 0 Å². The molecule has 1 aliphatic heterocycles. The summed E-state index contributed by atoms with van der Waals surface area (Å²) in [4.78, 5) is 32.4. The van der Waals surface area contributed by atoms with Crippen LogP contribution in [-0.4, -0.2) is 51.3 Å². The van der Waals surface area contributed by atoms with Crippen molar-refractivity contribution < 1.29 is 9.59 Å². The minimum Gasteiger partial charge on any atom is -0.337 e. The van der Waals surface area contributed by atoms with Crippen molar-refractivity contribution in [2.45, 2.75) is 52.1 Å². The Bertz CT molecular complexity index is 589. The van der Waals surface area contributed by atoms with Crippen molar-refractivity contribution >= 4 is 11.8 Å². The van der Waals surface area contributed by atoms with Crippen LogP contribution in [0.4, 0.5) is 0 Å². The maximum Gasteiger partial charge on any atom is 0.242 e. The minimum atomic E-state index is -0.0148. The highest BCUT2D eigenvalue weighted by Gasteiger charge is 2.45. The van der Waals surface area contributed by atoms with Gasteiger partial charge in [0.1, 0.15) is 5.82 Å². The monoisotopic (exact) mass is 318 g/mol.